The van der Waals surface area contributed by atoms with Crippen molar-refractivity contribution in [1.29, 1.82) is 0 Å². The van der Waals surface area contributed by atoms with Crippen molar-refractivity contribution in [3.63, 3.8) is 0 Å². The van der Waals surface area contributed by atoms with Gasteiger partial charge in [0.1, 0.15) is 0 Å². The molecular formula is C15H11BrCl2N2. The number of aryl methyl sites for hydroxylation is 2. The number of hydrogen-bond acceptors (Lipinski definition) is 1. The van der Waals surface area contributed by atoms with Gasteiger partial charge in [0.25, 0.3) is 0 Å². The molecule has 0 amide bonds. The molecule has 2 aromatic heterocycles. The van der Waals surface area contributed by atoms with Crippen molar-refractivity contribution in [2.45, 2.75) is 13.8 Å². The number of rotatable bonds is 1. The third-order valence-electron chi connectivity index (χ3n) is 3.19. The molecule has 5 heteroatoms. The molecule has 0 radical (unpaired) electrons. The zero-order valence-corrected chi connectivity index (χ0v) is 14.0. The van der Waals surface area contributed by atoms with E-state index in [0.29, 0.717) is 10.0 Å². The van der Waals surface area contributed by atoms with Crippen molar-refractivity contribution in [2.75, 3.05) is 0 Å². The number of benzene rings is 1. The number of nitrogens with zero attached hydrogens (tertiary/aromatic N) is 2. The summed E-state index contributed by atoms with van der Waals surface area (Å²) in [4.78, 5) is 0. The van der Waals surface area contributed by atoms with Crippen molar-refractivity contribution >= 4 is 44.6 Å². The molecule has 0 N–H and O–H groups in total. The Morgan fingerprint density at radius 1 is 1.10 bits per heavy atom. The van der Waals surface area contributed by atoms with Crippen molar-refractivity contribution in [3.05, 3.63) is 56.1 Å². The minimum atomic E-state index is 0.625. The molecule has 0 spiro atoms. The van der Waals surface area contributed by atoms with Crippen LogP contribution in [-0.2, 0) is 0 Å². The van der Waals surface area contributed by atoms with Gasteiger partial charge in [0.2, 0.25) is 0 Å². The summed E-state index contributed by atoms with van der Waals surface area (Å²) in [5, 5.41) is 5.84. The number of fused-ring (bicyclic) bond motifs is 1. The fraction of sp³-hybridized carbons (Fsp3) is 0.133. The Morgan fingerprint density at radius 2 is 1.85 bits per heavy atom. The van der Waals surface area contributed by atoms with Crippen molar-refractivity contribution in [2.24, 2.45) is 0 Å². The van der Waals surface area contributed by atoms with E-state index in [0.717, 1.165) is 32.5 Å². The average Bonchev–Trinajstić information content (AvgIpc) is 2.67. The molecule has 0 aliphatic heterocycles. The molecule has 0 atom stereocenters. The van der Waals surface area contributed by atoms with Crippen LogP contribution in [0.25, 0.3) is 16.8 Å². The van der Waals surface area contributed by atoms with Crippen LogP contribution in [0.5, 0.6) is 0 Å². The molecule has 0 aliphatic rings. The molecule has 3 aromatic rings. The summed E-state index contributed by atoms with van der Waals surface area (Å²) in [7, 11) is 0. The molecule has 1 aromatic carbocycles. The van der Waals surface area contributed by atoms with E-state index in [1.807, 2.05) is 29.6 Å². The van der Waals surface area contributed by atoms with Gasteiger partial charge in [-0.25, -0.2) is 4.52 Å². The van der Waals surface area contributed by atoms with Gasteiger partial charge in [0.05, 0.1) is 21.9 Å². The Labute approximate surface area is 135 Å². The maximum absolute atomic E-state index is 6.34. The Kier molecular flexibility index (Phi) is 3.53. The fourth-order valence-electron chi connectivity index (χ4n) is 2.35. The minimum Gasteiger partial charge on any atom is -0.231 e. The molecule has 2 heterocycles. The molecule has 0 saturated carbocycles. The second-order valence-corrected chi connectivity index (χ2v) is 6.43. The molecule has 20 heavy (non-hydrogen) atoms. The molecule has 3 rings (SSSR count). The SMILES string of the molecule is Cc1cc(Br)c2cc(C)c(-c3ccc(Cl)cc3Cl)n2n1. The molecule has 0 bridgehead atoms. The zero-order chi connectivity index (χ0) is 14.4. The van der Waals surface area contributed by atoms with Gasteiger partial charge in [-0.3, -0.25) is 0 Å². The standard InChI is InChI=1S/C15H11BrCl2N2/c1-8-5-14-12(16)6-9(2)19-20(14)15(8)11-4-3-10(17)7-13(11)18/h3-7H,1-2H3. The summed E-state index contributed by atoms with van der Waals surface area (Å²) in [6, 6.07) is 9.62. The zero-order valence-electron chi connectivity index (χ0n) is 10.9. The first kappa shape index (κ1) is 13.9. The average molecular weight is 370 g/mol. The fourth-order valence-corrected chi connectivity index (χ4v) is 3.46. The lowest BCUT2D eigenvalue weighted by Gasteiger charge is -2.08. The Morgan fingerprint density at radius 3 is 2.55 bits per heavy atom. The summed E-state index contributed by atoms with van der Waals surface area (Å²) >= 11 is 15.9. The largest absolute Gasteiger partial charge is 0.231 e. The Balaban J connectivity index is 2.38. The van der Waals surface area contributed by atoms with E-state index in [1.165, 1.54) is 0 Å². The highest BCUT2D eigenvalue weighted by atomic mass is 79.9. The Hall–Kier alpha value is -1.03. The van der Waals surface area contributed by atoms with Crippen LogP contribution < -0.4 is 0 Å². The van der Waals surface area contributed by atoms with E-state index in [-0.39, 0.29) is 0 Å². The van der Waals surface area contributed by atoms with Gasteiger partial charge in [-0.05, 0) is 65.7 Å². The molecule has 2 nitrogen and oxygen atoms in total. The predicted octanol–water partition coefficient (Wildman–Crippen LogP) is 5.69. The van der Waals surface area contributed by atoms with Gasteiger partial charge >= 0.3 is 0 Å². The third kappa shape index (κ3) is 2.24. The monoisotopic (exact) mass is 368 g/mol. The maximum atomic E-state index is 6.34. The van der Waals surface area contributed by atoms with Crippen LogP contribution in [0.15, 0.2) is 34.8 Å². The normalized spacial score (nSPS) is 11.2. The summed E-state index contributed by atoms with van der Waals surface area (Å²) < 4.78 is 2.94. The van der Waals surface area contributed by atoms with Crippen LogP contribution >= 0.6 is 39.1 Å². The molecule has 102 valence electrons. The third-order valence-corrected chi connectivity index (χ3v) is 4.37. The summed E-state index contributed by atoms with van der Waals surface area (Å²) in [5.74, 6) is 0. The lowest BCUT2D eigenvalue weighted by molar-refractivity contribution is 0.906. The van der Waals surface area contributed by atoms with E-state index < -0.39 is 0 Å². The summed E-state index contributed by atoms with van der Waals surface area (Å²) in [6.45, 7) is 4.02. The summed E-state index contributed by atoms with van der Waals surface area (Å²) in [5.41, 5.74) is 5.00. The van der Waals surface area contributed by atoms with Gasteiger partial charge in [-0.15, -0.1) is 0 Å². The van der Waals surface area contributed by atoms with E-state index in [1.54, 1.807) is 6.07 Å². The van der Waals surface area contributed by atoms with Gasteiger partial charge in [0, 0.05) is 15.1 Å². The first-order valence-corrected chi connectivity index (χ1v) is 7.63. The molecule has 0 unspecified atom stereocenters. The van der Waals surface area contributed by atoms with Gasteiger partial charge in [0.15, 0.2) is 0 Å². The first-order valence-electron chi connectivity index (χ1n) is 6.08. The van der Waals surface area contributed by atoms with Crippen molar-refractivity contribution < 1.29 is 0 Å². The lowest BCUT2D eigenvalue weighted by atomic mass is 10.1. The van der Waals surface area contributed by atoms with E-state index in [4.69, 9.17) is 23.2 Å². The second-order valence-electron chi connectivity index (χ2n) is 4.73. The van der Waals surface area contributed by atoms with E-state index in [9.17, 15) is 0 Å². The number of hydrogen-bond donors (Lipinski definition) is 0. The van der Waals surface area contributed by atoms with Crippen LogP contribution in [0, 0.1) is 13.8 Å². The second kappa shape index (κ2) is 5.06. The Bertz CT molecular complexity index is 824. The van der Waals surface area contributed by atoms with Crippen LogP contribution in [0.3, 0.4) is 0 Å². The highest BCUT2D eigenvalue weighted by Crippen LogP contribution is 2.35. The molecule has 0 saturated heterocycles. The van der Waals surface area contributed by atoms with Crippen molar-refractivity contribution in [3.8, 4) is 11.3 Å². The minimum absolute atomic E-state index is 0.625. The van der Waals surface area contributed by atoms with Crippen LogP contribution in [-0.4, -0.2) is 9.61 Å². The predicted molar refractivity (Wildman–Crippen MR) is 87.8 cm³/mol. The number of aromatic nitrogens is 2. The van der Waals surface area contributed by atoms with Crippen LogP contribution in [0.4, 0.5) is 0 Å². The van der Waals surface area contributed by atoms with Crippen LogP contribution in [0.2, 0.25) is 10.0 Å². The number of halogens is 3. The molecular weight excluding hydrogens is 359 g/mol. The first-order chi connectivity index (χ1) is 9.47. The van der Waals surface area contributed by atoms with Gasteiger partial charge in [-0.2, -0.15) is 5.10 Å². The topological polar surface area (TPSA) is 17.3 Å². The van der Waals surface area contributed by atoms with Gasteiger partial charge in [-0.1, -0.05) is 23.2 Å². The highest BCUT2D eigenvalue weighted by Gasteiger charge is 2.15. The smallest absolute Gasteiger partial charge is 0.0799 e. The maximum Gasteiger partial charge on any atom is 0.0799 e. The lowest BCUT2D eigenvalue weighted by Crippen LogP contribution is -1.98. The van der Waals surface area contributed by atoms with Gasteiger partial charge < -0.3 is 0 Å². The molecule has 0 aliphatic carbocycles. The summed E-state index contributed by atoms with van der Waals surface area (Å²) in [6.07, 6.45) is 0. The van der Waals surface area contributed by atoms with Crippen molar-refractivity contribution in [1.82, 2.24) is 9.61 Å². The van der Waals surface area contributed by atoms with Crippen LogP contribution in [0.1, 0.15) is 11.3 Å². The highest BCUT2D eigenvalue weighted by molar-refractivity contribution is 9.10. The molecule has 0 fully saturated rings. The van der Waals surface area contributed by atoms with E-state index >= 15 is 0 Å². The quantitative estimate of drug-likeness (QED) is 0.538. The van der Waals surface area contributed by atoms with E-state index in [2.05, 4.69) is 34.0 Å².